The zero-order valence-corrected chi connectivity index (χ0v) is 8.82. The maximum Gasteiger partial charge on any atom is 0.0478 e. The van der Waals surface area contributed by atoms with E-state index in [4.69, 9.17) is 5.73 Å². The average molecular weight is 206 g/mol. The van der Waals surface area contributed by atoms with Crippen LogP contribution in [0.1, 0.15) is 19.3 Å². The Labute approximate surface area is 90.3 Å². The SMILES string of the molecule is Nc1cccc(NC2CCCC2CO)c1. The molecule has 0 aromatic heterocycles. The summed E-state index contributed by atoms with van der Waals surface area (Å²) in [6.07, 6.45) is 3.46. The molecule has 0 aliphatic heterocycles. The third kappa shape index (κ3) is 2.42. The number of rotatable bonds is 3. The summed E-state index contributed by atoms with van der Waals surface area (Å²) in [7, 11) is 0. The summed E-state index contributed by atoms with van der Waals surface area (Å²) in [5.74, 6) is 0.395. The zero-order chi connectivity index (χ0) is 10.7. The molecule has 1 aromatic carbocycles. The normalized spacial score (nSPS) is 25.4. The van der Waals surface area contributed by atoms with E-state index >= 15 is 0 Å². The van der Waals surface area contributed by atoms with Crippen LogP contribution in [0.15, 0.2) is 24.3 Å². The molecule has 0 radical (unpaired) electrons. The highest BCUT2D eigenvalue weighted by Crippen LogP contribution is 2.28. The van der Waals surface area contributed by atoms with Gasteiger partial charge in [-0.25, -0.2) is 0 Å². The lowest BCUT2D eigenvalue weighted by molar-refractivity contribution is 0.222. The summed E-state index contributed by atoms with van der Waals surface area (Å²) in [5, 5.41) is 12.6. The lowest BCUT2D eigenvalue weighted by atomic mass is 10.0. The molecule has 2 unspecified atom stereocenters. The van der Waals surface area contributed by atoms with Crippen molar-refractivity contribution in [1.82, 2.24) is 0 Å². The number of benzene rings is 1. The predicted octanol–water partition coefficient (Wildman–Crippen LogP) is 1.84. The number of anilines is 2. The van der Waals surface area contributed by atoms with Gasteiger partial charge in [-0.05, 0) is 31.0 Å². The van der Waals surface area contributed by atoms with Crippen molar-refractivity contribution >= 4 is 11.4 Å². The quantitative estimate of drug-likeness (QED) is 0.661. The van der Waals surface area contributed by atoms with Crippen molar-refractivity contribution in [1.29, 1.82) is 0 Å². The van der Waals surface area contributed by atoms with Gasteiger partial charge in [0.2, 0.25) is 0 Å². The predicted molar refractivity (Wildman–Crippen MR) is 62.7 cm³/mol. The van der Waals surface area contributed by atoms with Crippen LogP contribution in [0.4, 0.5) is 11.4 Å². The molecule has 0 bridgehead atoms. The third-order valence-corrected chi connectivity index (χ3v) is 3.13. The van der Waals surface area contributed by atoms with Gasteiger partial charge in [0.25, 0.3) is 0 Å². The minimum absolute atomic E-state index is 0.278. The van der Waals surface area contributed by atoms with Crippen LogP contribution in [0, 0.1) is 5.92 Å². The van der Waals surface area contributed by atoms with Crippen molar-refractivity contribution in [3.8, 4) is 0 Å². The second-order valence-electron chi connectivity index (χ2n) is 4.25. The third-order valence-electron chi connectivity index (χ3n) is 3.13. The average Bonchev–Trinajstić information content (AvgIpc) is 2.65. The summed E-state index contributed by atoms with van der Waals surface area (Å²) in [5.41, 5.74) is 7.54. The molecule has 1 aliphatic carbocycles. The molecule has 15 heavy (non-hydrogen) atoms. The molecule has 1 fully saturated rings. The van der Waals surface area contributed by atoms with E-state index in [0.29, 0.717) is 12.0 Å². The Morgan fingerprint density at radius 3 is 3.00 bits per heavy atom. The van der Waals surface area contributed by atoms with Crippen molar-refractivity contribution in [3.63, 3.8) is 0 Å². The minimum Gasteiger partial charge on any atom is -0.399 e. The number of nitrogen functional groups attached to an aromatic ring is 1. The minimum atomic E-state index is 0.278. The van der Waals surface area contributed by atoms with E-state index in [1.165, 1.54) is 6.42 Å². The van der Waals surface area contributed by atoms with Crippen LogP contribution in [0.5, 0.6) is 0 Å². The Hall–Kier alpha value is -1.22. The van der Waals surface area contributed by atoms with Gasteiger partial charge in [0.1, 0.15) is 0 Å². The van der Waals surface area contributed by atoms with Crippen molar-refractivity contribution < 1.29 is 5.11 Å². The van der Waals surface area contributed by atoms with Gasteiger partial charge < -0.3 is 16.2 Å². The summed E-state index contributed by atoms with van der Waals surface area (Å²) in [6.45, 7) is 0.278. The van der Waals surface area contributed by atoms with Crippen LogP contribution >= 0.6 is 0 Å². The molecule has 3 heteroatoms. The highest BCUT2D eigenvalue weighted by molar-refractivity contribution is 5.54. The Morgan fingerprint density at radius 1 is 1.40 bits per heavy atom. The number of hydrogen-bond acceptors (Lipinski definition) is 3. The van der Waals surface area contributed by atoms with E-state index < -0.39 is 0 Å². The van der Waals surface area contributed by atoms with E-state index in [2.05, 4.69) is 5.32 Å². The first-order valence-electron chi connectivity index (χ1n) is 5.52. The molecule has 0 amide bonds. The van der Waals surface area contributed by atoms with Crippen LogP contribution < -0.4 is 11.1 Å². The molecule has 1 aromatic rings. The van der Waals surface area contributed by atoms with E-state index in [1.807, 2.05) is 24.3 Å². The highest BCUT2D eigenvalue weighted by Gasteiger charge is 2.26. The first kappa shape index (κ1) is 10.3. The molecule has 0 spiro atoms. The number of hydrogen-bond donors (Lipinski definition) is 3. The topological polar surface area (TPSA) is 58.3 Å². The second kappa shape index (κ2) is 4.53. The lowest BCUT2D eigenvalue weighted by Gasteiger charge is -2.20. The Balaban J connectivity index is 2.02. The molecule has 1 aliphatic rings. The monoisotopic (exact) mass is 206 g/mol. The smallest absolute Gasteiger partial charge is 0.0478 e. The van der Waals surface area contributed by atoms with Gasteiger partial charge in [-0.3, -0.25) is 0 Å². The van der Waals surface area contributed by atoms with Gasteiger partial charge in [-0.2, -0.15) is 0 Å². The van der Waals surface area contributed by atoms with Gasteiger partial charge in [0, 0.05) is 29.9 Å². The van der Waals surface area contributed by atoms with Crippen LogP contribution in [-0.2, 0) is 0 Å². The summed E-state index contributed by atoms with van der Waals surface area (Å²) in [4.78, 5) is 0. The van der Waals surface area contributed by atoms with Crippen molar-refractivity contribution in [3.05, 3.63) is 24.3 Å². The molecule has 0 saturated heterocycles. The molecule has 2 rings (SSSR count). The Bertz CT molecular complexity index is 327. The lowest BCUT2D eigenvalue weighted by Crippen LogP contribution is -2.26. The molecule has 1 saturated carbocycles. The maximum atomic E-state index is 9.20. The van der Waals surface area contributed by atoms with Gasteiger partial charge in [-0.15, -0.1) is 0 Å². The van der Waals surface area contributed by atoms with E-state index in [9.17, 15) is 5.11 Å². The van der Waals surface area contributed by atoms with Gasteiger partial charge in [0.15, 0.2) is 0 Å². The van der Waals surface area contributed by atoms with Gasteiger partial charge in [-0.1, -0.05) is 12.5 Å². The maximum absolute atomic E-state index is 9.20. The zero-order valence-electron chi connectivity index (χ0n) is 8.82. The second-order valence-corrected chi connectivity index (χ2v) is 4.25. The molecule has 3 nitrogen and oxygen atoms in total. The van der Waals surface area contributed by atoms with Crippen LogP contribution in [-0.4, -0.2) is 17.8 Å². The van der Waals surface area contributed by atoms with E-state index in [0.717, 1.165) is 24.2 Å². The highest BCUT2D eigenvalue weighted by atomic mass is 16.3. The molecule has 2 atom stereocenters. The fourth-order valence-electron chi connectivity index (χ4n) is 2.29. The molecular formula is C12H18N2O. The summed E-state index contributed by atoms with van der Waals surface area (Å²) in [6, 6.07) is 8.18. The van der Waals surface area contributed by atoms with Crippen LogP contribution in [0.3, 0.4) is 0 Å². The molecular weight excluding hydrogens is 188 g/mol. The van der Waals surface area contributed by atoms with Crippen LogP contribution in [0.2, 0.25) is 0 Å². The fraction of sp³-hybridized carbons (Fsp3) is 0.500. The standard InChI is InChI=1S/C12H18N2O/c13-10-4-2-5-11(7-10)14-12-6-1-3-9(12)8-15/h2,4-5,7,9,12,14-15H,1,3,6,8,13H2. The molecule has 0 heterocycles. The number of aliphatic hydroxyl groups is 1. The summed E-state index contributed by atoms with van der Waals surface area (Å²) >= 11 is 0. The fourth-order valence-corrected chi connectivity index (χ4v) is 2.29. The van der Waals surface area contributed by atoms with Crippen molar-refractivity contribution in [2.24, 2.45) is 5.92 Å². The molecule has 82 valence electrons. The molecule has 4 N–H and O–H groups in total. The number of aliphatic hydroxyl groups excluding tert-OH is 1. The van der Waals surface area contributed by atoms with Crippen molar-refractivity contribution in [2.75, 3.05) is 17.7 Å². The van der Waals surface area contributed by atoms with E-state index in [-0.39, 0.29) is 6.61 Å². The first-order chi connectivity index (χ1) is 7.29. The van der Waals surface area contributed by atoms with Crippen LogP contribution in [0.25, 0.3) is 0 Å². The van der Waals surface area contributed by atoms with Gasteiger partial charge >= 0.3 is 0 Å². The number of nitrogens with one attached hydrogen (secondary N) is 1. The first-order valence-corrected chi connectivity index (χ1v) is 5.52. The Morgan fingerprint density at radius 2 is 2.27 bits per heavy atom. The van der Waals surface area contributed by atoms with E-state index in [1.54, 1.807) is 0 Å². The Kier molecular flexibility index (Phi) is 3.11. The van der Waals surface area contributed by atoms with Gasteiger partial charge in [0.05, 0.1) is 0 Å². The van der Waals surface area contributed by atoms with Crippen molar-refractivity contribution in [2.45, 2.75) is 25.3 Å². The summed E-state index contributed by atoms with van der Waals surface area (Å²) < 4.78 is 0. The largest absolute Gasteiger partial charge is 0.399 e. The number of nitrogens with two attached hydrogens (primary N) is 1.